The molecule has 0 aliphatic carbocycles. The molecule has 5 heteroatoms. The van der Waals surface area contributed by atoms with Crippen LogP contribution < -0.4 is 0 Å². The van der Waals surface area contributed by atoms with Crippen molar-refractivity contribution >= 4 is 38.6 Å². The molecule has 0 amide bonds. The minimum atomic E-state index is -0.511. The summed E-state index contributed by atoms with van der Waals surface area (Å²) in [6.07, 6.45) is 1.73. The van der Waals surface area contributed by atoms with Crippen molar-refractivity contribution in [1.82, 2.24) is 0 Å². The Hall–Kier alpha value is -1.88. The lowest BCUT2D eigenvalue weighted by atomic mass is 9.98. The van der Waals surface area contributed by atoms with E-state index in [4.69, 9.17) is 9.47 Å². The Morgan fingerprint density at radius 1 is 1.04 bits per heavy atom. The second-order valence-electron chi connectivity index (χ2n) is 5.55. The standard InChI is InChI=1S/C19H21BrO4/c1-14(16-9-8-15-6-2-3-7-17(15)12-16)19(22)24-13-18(21)23-11-5-4-10-20/h2-3,6-9,12,14H,4-5,10-11,13H2,1H3. The molecule has 0 aliphatic rings. The number of carbonyl (C=O) groups is 2. The number of carbonyl (C=O) groups excluding carboxylic acids is 2. The van der Waals surface area contributed by atoms with Crippen molar-refractivity contribution in [3.63, 3.8) is 0 Å². The lowest BCUT2D eigenvalue weighted by Crippen LogP contribution is -2.20. The van der Waals surface area contributed by atoms with Crippen molar-refractivity contribution in [1.29, 1.82) is 0 Å². The first-order valence-corrected chi connectivity index (χ1v) is 9.11. The molecule has 0 spiro atoms. The molecule has 4 nitrogen and oxygen atoms in total. The Morgan fingerprint density at radius 2 is 1.79 bits per heavy atom. The molecule has 0 N–H and O–H groups in total. The lowest BCUT2D eigenvalue weighted by Gasteiger charge is -2.12. The monoisotopic (exact) mass is 392 g/mol. The zero-order chi connectivity index (χ0) is 17.4. The summed E-state index contributed by atoms with van der Waals surface area (Å²) >= 11 is 3.31. The third-order valence-electron chi connectivity index (χ3n) is 3.75. The molecule has 1 unspecified atom stereocenters. The van der Waals surface area contributed by atoms with Gasteiger partial charge in [0.15, 0.2) is 6.61 Å². The number of esters is 2. The maximum atomic E-state index is 12.1. The van der Waals surface area contributed by atoms with Gasteiger partial charge < -0.3 is 9.47 Å². The molecule has 0 aromatic heterocycles. The first-order valence-electron chi connectivity index (χ1n) is 7.98. The summed E-state index contributed by atoms with van der Waals surface area (Å²) in [5.41, 5.74) is 0.865. The summed E-state index contributed by atoms with van der Waals surface area (Å²) in [5.74, 6) is -1.37. The summed E-state index contributed by atoms with van der Waals surface area (Å²) in [4.78, 5) is 23.7. The van der Waals surface area contributed by atoms with Crippen LogP contribution in [0.3, 0.4) is 0 Å². The van der Waals surface area contributed by atoms with E-state index in [0.29, 0.717) is 6.61 Å². The fourth-order valence-electron chi connectivity index (χ4n) is 2.29. The van der Waals surface area contributed by atoms with Gasteiger partial charge in [0.2, 0.25) is 0 Å². The van der Waals surface area contributed by atoms with E-state index >= 15 is 0 Å². The lowest BCUT2D eigenvalue weighted by molar-refractivity contribution is -0.159. The van der Waals surface area contributed by atoms with Gasteiger partial charge in [-0.05, 0) is 36.1 Å². The number of rotatable bonds is 8. The van der Waals surface area contributed by atoms with Crippen molar-refractivity contribution in [3.8, 4) is 0 Å². The average Bonchev–Trinajstić information content (AvgIpc) is 2.62. The Labute approximate surface area is 150 Å². The molecule has 0 saturated heterocycles. The normalized spacial score (nSPS) is 11.9. The van der Waals surface area contributed by atoms with Crippen LogP contribution in [0, 0.1) is 0 Å². The molecule has 0 heterocycles. The van der Waals surface area contributed by atoms with Crippen LogP contribution in [0.1, 0.15) is 31.2 Å². The van der Waals surface area contributed by atoms with Gasteiger partial charge >= 0.3 is 11.9 Å². The number of hydrogen-bond acceptors (Lipinski definition) is 4. The Bertz CT molecular complexity index is 699. The number of fused-ring (bicyclic) bond motifs is 1. The van der Waals surface area contributed by atoms with Gasteiger partial charge in [-0.2, -0.15) is 0 Å². The first-order chi connectivity index (χ1) is 11.6. The highest BCUT2D eigenvalue weighted by molar-refractivity contribution is 9.09. The Morgan fingerprint density at radius 3 is 2.54 bits per heavy atom. The Kier molecular flexibility index (Phi) is 7.25. The number of alkyl halides is 1. The van der Waals surface area contributed by atoms with Crippen molar-refractivity contribution in [3.05, 3.63) is 48.0 Å². The van der Waals surface area contributed by atoms with Gasteiger partial charge in [0.1, 0.15) is 0 Å². The average molecular weight is 393 g/mol. The quantitative estimate of drug-likeness (QED) is 0.383. The second kappa shape index (κ2) is 9.42. The van der Waals surface area contributed by atoms with Crippen LogP contribution in [0.4, 0.5) is 0 Å². The number of halogens is 1. The third-order valence-corrected chi connectivity index (χ3v) is 4.31. The predicted molar refractivity (Wildman–Crippen MR) is 97.3 cm³/mol. The van der Waals surface area contributed by atoms with Gasteiger partial charge in [-0.3, -0.25) is 4.79 Å². The number of unbranched alkanes of at least 4 members (excludes halogenated alkanes) is 1. The molecular weight excluding hydrogens is 372 g/mol. The SMILES string of the molecule is CC(C(=O)OCC(=O)OCCCCBr)c1ccc2ccccc2c1. The zero-order valence-corrected chi connectivity index (χ0v) is 15.3. The topological polar surface area (TPSA) is 52.6 Å². The van der Waals surface area contributed by atoms with Crippen molar-refractivity contribution < 1.29 is 19.1 Å². The molecule has 0 fully saturated rings. The van der Waals surface area contributed by atoms with Gasteiger partial charge in [0.05, 0.1) is 12.5 Å². The number of ether oxygens (including phenoxy) is 2. The molecule has 24 heavy (non-hydrogen) atoms. The van der Waals surface area contributed by atoms with E-state index in [1.165, 1.54) is 0 Å². The zero-order valence-electron chi connectivity index (χ0n) is 13.7. The molecular formula is C19H21BrO4. The highest BCUT2D eigenvalue weighted by atomic mass is 79.9. The summed E-state index contributed by atoms with van der Waals surface area (Å²) in [6, 6.07) is 13.8. The molecule has 0 aliphatic heterocycles. The van der Waals surface area contributed by atoms with Crippen molar-refractivity contribution in [2.75, 3.05) is 18.5 Å². The molecule has 0 bridgehead atoms. The first kappa shape index (κ1) is 18.5. The minimum Gasteiger partial charge on any atom is -0.463 e. The summed E-state index contributed by atoms with van der Waals surface area (Å²) < 4.78 is 10.1. The van der Waals surface area contributed by atoms with Crippen LogP contribution in [0.25, 0.3) is 10.8 Å². The fourth-order valence-corrected chi connectivity index (χ4v) is 2.69. The molecule has 2 aromatic rings. The largest absolute Gasteiger partial charge is 0.463 e. The van der Waals surface area contributed by atoms with E-state index in [1.807, 2.05) is 42.5 Å². The van der Waals surface area contributed by atoms with Gasteiger partial charge in [-0.25, -0.2) is 4.79 Å². The number of benzene rings is 2. The van der Waals surface area contributed by atoms with E-state index in [1.54, 1.807) is 6.92 Å². The third kappa shape index (κ3) is 5.34. The molecule has 2 rings (SSSR count). The van der Waals surface area contributed by atoms with Gasteiger partial charge in [-0.15, -0.1) is 0 Å². The van der Waals surface area contributed by atoms with Crippen LogP contribution >= 0.6 is 15.9 Å². The maximum absolute atomic E-state index is 12.1. The number of hydrogen-bond donors (Lipinski definition) is 0. The van der Waals surface area contributed by atoms with E-state index in [2.05, 4.69) is 15.9 Å². The van der Waals surface area contributed by atoms with Crippen LogP contribution in [0.2, 0.25) is 0 Å². The molecule has 128 valence electrons. The van der Waals surface area contributed by atoms with Crippen LogP contribution in [-0.4, -0.2) is 30.5 Å². The molecule has 0 saturated carbocycles. The maximum Gasteiger partial charge on any atom is 0.344 e. The second-order valence-corrected chi connectivity index (χ2v) is 6.35. The van der Waals surface area contributed by atoms with Crippen LogP contribution in [0.5, 0.6) is 0 Å². The van der Waals surface area contributed by atoms with E-state index < -0.39 is 17.9 Å². The fraction of sp³-hybridized carbons (Fsp3) is 0.368. The molecule has 2 aromatic carbocycles. The summed E-state index contributed by atoms with van der Waals surface area (Å²) in [7, 11) is 0. The van der Waals surface area contributed by atoms with E-state index in [0.717, 1.165) is 34.5 Å². The van der Waals surface area contributed by atoms with Crippen molar-refractivity contribution in [2.24, 2.45) is 0 Å². The predicted octanol–water partition coefficient (Wildman–Crippen LogP) is 4.20. The van der Waals surface area contributed by atoms with E-state index in [9.17, 15) is 9.59 Å². The highest BCUT2D eigenvalue weighted by Crippen LogP contribution is 2.22. The van der Waals surface area contributed by atoms with Gasteiger partial charge in [-0.1, -0.05) is 58.4 Å². The van der Waals surface area contributed by atoms with Gasteiger partial charge in [0, 0.05) is 5.33 Å². The molecule has 0 radical (unpaired) electrons. The highest BCUT2D eigenvalue weighted by Gasteiger charge is 2.18. The van der Waals surface area contributed by atoms with E-state index in [-0.39, 0.29) is 6.61 Å². The van der Waals surface area contributed by atoms with Crippen LogP contribution in [0.15, 0.2) is 42.5 Å². The van der Waals surface area contributed by atoms with Crippen molar-refractivity contribution in [2.45, 2.75) is 25.7 Å². The summed E-state index contributed by atoms with van der Waals surface area (Å²) in [5, 5.41) is 3.07. The summed E-state index contributed by atoms with van der Waals surface area (Å²) in [6.45, 7) is 1.78. The van der Waals surface area contributed by atoms with Gasteiger partial charge in [0.25, 0.3) is 0 Å². The van der Waals surface area contributed by atoms with Crippen LogP contribution in [-0.2, 0) is 19.1 Å². The Balaban J connectivity index is 1.85. The smallest absolute Gasteiger partial charge is 0.344 e. The molecule has 1 atom stereocenters. The minimum absolute atomic E-state index is 0.342.